The van der Waals surface area contributed by atoms with Gasteiger partial charge in [-0.3, -0.25) is 0 Å². The van der Waals surface area contributed by atoms with Crippen LogP contribution in [0.2, 0.25) is 0 Å². The Bertz CT molecular complexity index is 1420. The van der Waals surface area contributed by atoms with Crippen molar-refractivity contribution in [2.24, 2.45) is 11.8 Å². The first kappa shape index (κ1) is 42.0. The van der Waals surface area contributed by atoms with Gasteiger partial charge in [0.1, 0.15) is 0 Å². The standard InChI is InChI=1S/C29H31.C9H18.C5H5.2ClH.Zr/c1-21(16-24-10-6-4-7-11-24)22(2)17-26-19-28-15-14-27(23(3)29(28)20-26)18-25-12-8-5-9-13-25;1-3-5-7-9-8-6-4-2;1-2-4-5-3-1;;;/h4-15,19-22H,16-18H2,1-3H3;3-8H2,1-2H3;1-5H;2*1H;/q-1;;-1;;;+2/p-2. The molecule has 0 fully saturated rings. The molecule has 0 bridgehead atoms. The molecule has 5 aromatic carbocycles. The Morgan fingerprint density at radius 3 is 1.76 bits per heavy atom. The smallest absolute Gasteiger partial charge is 0.0110 e. The van der Waals surface area contributed by atoms with Gasteiger partial charge in [-0.1, -0.05) is 93.1 Å². The van der Waals surface area contributed by atoms with Gasteiger partial charge in [0.25, 0.3) is 0 Å². The molecule has 5 rings (SSSR count). The Kier molecular flexibility index (Phi) is 22.0. The second-order valence-corrected chi connectivity index (χ2v) is 14.2. The van der Waals surface area contributed by atoms with E-state index in [0.717, 1.165) is 19.3 Å². The number of benzene rings is 3. The van der Waals surface area contributed by atoms with Gasteiger partial charge in [-0.05, 0) is 42.2 Å². The van der Waals surface area contributed by atoms with Gasteiger partial charge < -0.3 is 24.8 Å². The fourth-order valence-corrected chi connectivity index (χ4v) is 6.52. The average molecular weight is 733 g/mol. The molecule has 2 atom stereocenters. The van der Waals surface area contributed by atoms with E-state index in [2.05, 4.69) is 120 Å². The van der Waals surface area contributed by atoms with E-state index >= 15 is 0 Å². The summed E-state index contributed by atoms with van der Waals surface area (Å²) in [5, 5.41) is 2.81. The number of hydrogen-bond acceptors (Lipinski definition) is 0. The SMILES string of the molecule is CCCC[C](=[Zr+2])CCCC.Cc1c(Cc2ccccc2)ccc2cc(CC(C)C(C)Cc3ccccc3)[cH-]c12.[Cl-].[Cl-].c1cc[cH-]c1. The fraction of sp³-hybridized carbons (Fsp3) is 0.372. The topological polar surface area (TPSA) is 0 Å². The summed E-state index contributed by atoms with van der Waals surface area (Å²) >= 11 is 1.67. The van der Waals surface area contributed by atoms with Crippen molar-refractivity contribution >= 4 is 14.0 Å². The summed E-state index contributed by atoms with van der Waals surface area (Å²) in [6, 6.07) is 41.1. The van der Waals surface area contributed by atoms with Crippen molar-refractivity contribution in [3.05, 3.63) is 143 Å². The molecule has 46 heavy (non-hydrogen) atoms. The van der Waals surface area contributed by atoms with Crippen molar-refractivity contribution in [2.75, 3.05) is 0 Å². The third-order valence-corrected chi connectivity index (χ3v) is 9.95. The summed E-state index contributed by atoms with van der Waals surface area (Å²) in [4.78, 5) is 0. The van der Waals surface area contributed by atoms with Gasteiger partial charge in [0.05, 0.1) is 0 Å². The van der Waals surface area contributed by atoms with E-state index in [-0.39, 0.29) is 24.8 Å². The quantitative estimate of drug-likeness (QED) is 0.130. The molecule has 3 heteroatoms. The third kappa shape index (κ3) is 15.2. The molecule has 0 spiro atoms. The zero-order valence-electron chi connectivity index (χ0n) is 28.7. The van der Waals surface area contributed by atoms with Gasteiger partial charge in [-0.25, -0.2) is 12.1 Å². The van der Waals surface area contributed by atoms with Crippen molar-refractivity contribution in [3.63, 3.8) is 0 Å². The van der Waals surface area contributed by atoms with Crippen LogP contribution in [0.25, 0.3) is 10.8 Å². The predicted octanol–water partition coefficient (Wildman–Crippen LogP) is 6.01. The van der Waals surface area contributed by atoms with E-state index in [4.69, 9.17) is 0 Å². The first-order valence-corrected chi connectivity index (χ1v) is 18.1. The maximum atomic E-state index is 2.44. The normalized spacial score (nSPS) is 11.5. The number of hydrogen-bond donors (Lipinski definition) is 0. The molecule has 0 N–H and O–H groups in total. The summed E-state index contributed by atoms with van der Waals surface area (Å²) < 4.78 is 1.79. The van der Waals surface area contributed by atoms with Crippen LogP contribution in [0.15, 0.2) is 115 Å². The van der Waals surface area contributed by atoms with E-state index in [1.54, 1.807) is 27.4 Å². The predicted molar refractivity (Wildman–Crippen MR) is 192 cm³/mol. The molecule has 0 saturated heterocycles. The minimum Gasteiger partial charge on any atom is -1.00 e. The van der Waals surface area contributed by atoms with Crippen LogP contribution in [-0.2, 0) is 43.5 Å². The van der Waals surface area contributed by atoms with Crippen LogP contribution >= 0.6 is 0 Å². The molecule has 0 aromatic heterocycles. The Hall–Kier alpha value is -2.05. The number of fused-ring (bicyclic) bond motifs is 1. The third-order valence-electron chi connectivity index (χ3n) is 8.72. The first-order chi connectivity index (χ1) is 21.4. The van der Waals surface area contributed by atoms with Gasteiger partial charge in [-0.2, -0.15) is 24.3 Å². The Morgan fingerprint density at radius 1 is 0.696 bits per heavy atom. The van der Waals surface area contributed by atoms with E-state index in [0.29, 0.717) is 11.8 Å². The first-order valence-electron chi connectivity index (χ1n) is 16.9. The van der Waals surface area contributed by atoms with Crippen LogP contribution in [0.4, 0.5) is 0 Å². The summed E-state index contributed by atoms with van der Waals surface area (Å²) in [7, 11) is 0. The Balaban J connectivity index is 0.000000518. The van der Waals surface area contributed by atoms with E-state index < -0.39 is 0 Å². The molecule has 5 aromatic rings. The molecule has 0 aliphatic carbocycles. The summed E-state index contributed by atoms with van der Waals surface area (Å²) in [6.45, 7) is 11.6. The maximum absolute atomic E-state index is 2.44. The second-order valence-electron chi connectivity index (χ2n) is 12.5. The molecule has 0 radical (unpaired) electrons. The summed E-state index contributed by atoms with van der Waals surface area (Å²) in [5.41, 5.74) is 7.17. The number of halogens is 2. The number of rotatable bonds is 13. The minimum absolute atomic E-state index is 0. The van der Waals surface area contributed by atoms with Gasteiger partial charge >= 0.3 is 79.8 Å². The van der Waals surface area contributed by atoms with E-state index in [1.165, 1.54) is 77.1 Å². The molecule has 0 heterocycles. The molecule has 0 amide bonds. The number of unbranched alkanes of at least 4 members (excludes halogenated alkanes) is 2. The maximum Gasteiger partial charge on any atom is -0.0110 e. The van der Waals surface area contributed by atoms with Crippen LogP contribution in [-0.4, -0.2) is 3.21 Å². The molecule has 0 aliphatic rings. The van der Waals surface area contributed by atoms with E-state index in [1.807, 2.05) is 30.3 Å². The molecule has 0 nitrogen and oxygen atoms in total. The molecular formula is C43H54Cl2Zr-2. The number of aryl methyl sites for hydroxylation is 1. The molecule has 0 aliphatic heterocycles. The van der Waals surface area contributed by atoms with Crippen molar-refractivity contribution in [1.82, 2.24) is 0 Å². The van der Waals surface area contributed by atoms with Crippen LogP contribution in [0.3, 0.4) is 0 Å². The van der Waals surface area contributed by atoms with Crippen LogP contribution in [0.5, 0.6) is 0 Å². The fourth-order valence-electron chi connectivity index (χ4n) is 5.65. The van der Waals surface area contributed by atoms with Crippen LogP contribution in [0.1, 0.15) is 94.0 Å². The van der Waals surface area contributed by atoms with Crippen LogP contribution in [0, 0.1) is 18.8 Å². The monoisotopic (exact) mass is 730 g/mol. The van der Waals surface area contributed by atoms with Gasteiger partial charge in [0.2, 0.25) is 0 Å². The average Bonchev–Trinajstić information content (AvgIpc) is 3.76. The Labute approximate surface area is 308 Å². The van der Waals surface area contributed by atoms with Crippen molar-refractivity contribution in [3.8, 4) is 0 Å². The summed E-state index contributed by atoms with van der Waals surface area (Å²) in [6.07, 6.45) is 11.6. The van der Waals surface area contributed by atoms with Crippen molar-refractivity contribution in [2.45, 2.75) is 92.4 Å². The Morgan fingerprint density at radius 2 is 1.24 bits per heavy atom. The second kappa shape index (κ2) is 24.1. The van der Waals surface area contributed by atoms with Crippen LogP contribution < -0.4 is 24.8 Å². The summed E-state index contributed by atoms with van der Waals surface area (Å²) in [5.74, 6) is 1.33. The zero-order valence-corrected chi connectivity index (χ0v) is 32.7. The van der Waals surface area contributed by atoms with Gasteiger partial charge in [0.15, 0.2) is 0 Å². The van der Waals surface area contributed by atoms with Crippen molar-refractivity contribution < 1.29 is 49.0 Å². The molecule has 246 valence electrons. The van der Waals surface area contributed by atoms with Gasteiger partial charge in [-0.15, -0.1) is 34.0 Å². The minimum atomic E-state index is 0. The molecule has 0 saturated carbocycles. The zero-order chi connectivity index (χ0) is 31.6. The van der Waals surface area contributed by atoms with Crippen molar-refractivity contribution in [1.29, 1.82) is 0 Å². The molecule has 2 unspecified atom stereocenters. The largest absolute Gasteiger partial charge is 1.00 e. The molecular weight excluding hydrogens is 679 g/mol. The van der Waals surface area contributed by atoms with E-state index in [9.17, 15) is 0 Å². The van der Waals surface area contributed by atoms with Gasteiger partial charge in [0, 0.05) is 0 Å².